The highest BCUT2D eigenvalue weighted by molar-refractivity contribution is 8.02. The second-order valence-corrected chi connectivity index (χ2v) is 12.0. The quantitative estimate of drug-likeness (QED) is 0.243. The molecule has 11 heteroatoms. The average molecular weight is 606 g/mol. The van der Waals surface area contributed by atoms with Gasteiger partial charge in [0, 0.05) is 6.20 Å². The number of aromatic nitrogens is 2. The minimum Gasteiger partial charge on any atom is -0.497 e. The number of ether oxygens (including phenoxy) is 3. The van der Waals surface area contributed by atoms with E-state index in [9.17, 15) is 15.0 Å². The van der Waals surface area contributed by atoms with Crippen LogP contribution in [0.5, 0.6) is 11.5 Å². The Bertz CT molecular complexity index is 1580. The Hall–Kier alpha value is -3.90. The molecule has 0 saturated carbocycles. The fraction of sp³-hybridized carbons (Fsp3) is 0.312. The monoisotopic (exact) mass is 605 g/mol. The molecule has 1 aromatic heterocycles. The van der Waals surface area contributed by atoms with Crippen molar-refractivity contribution in [3.63, 3.8) is 0 Å². The van der Waals surface area contributed by atoms with Crippen molar-refractivity contribution in [1.82, 2.24) is 9.55 Å². The van der Waals surface area contributed by atoms with Crippen molar-refractivity contribution in [3.05, 3.63) is 118 Å². The third kappa shape index (κ3) is 4.76. The molecule has 4 aromatic rings. The van der Waals surface area contributed by atoms with Crippen molar-refractivity contribution in [2.75, 3.05) is 31.9 Å². The van der Waals surface area contributed by atoms with Crippen LogP contribution in [0.4, 0.5) is 10.2 Å². The highest BCUT2D eigenvalue weighted by atomic mass is 32.2. The smallest absolute Gasteiger partial charge is 0.351 e. The van der Waals surface area contributed by atoms with Crippen molar-refractivity contribution in [1.29, 1.82) is 0 Å². The van der Waals surface area contributed by atoms with Crippen LogP contribution < -0.4 is 20.5 Å². The minimum absolute atomic E-state index is 0.263. The van der Waals surface area contributed by atoms with Crippen LogP contribution in [0.25, 0.3) is 0 Å². The summed E-state index contributed by atoms with van der Waals surface area (Å²) in [6.07, 6.45) is -0.839. The summed E-state index contributed by atoms with van der Waals surface area (Å²) in [5, 5.41) is 23.9. The number of hydrogen-bond donors (Lipinski definition) is 3. The first-order valence-corrected chi connectivity index (χ1v) is 14.8. The maximum absolute atomic E-state index is 15.3. The lowest BCUT2D eigenvalue weighted by molar-refractivity contribution is -0.207. The van der Waals surface area contributed by atoms with Gasteiger partial charge in [-0.15, -0.1) is 11.8 Å². The number of rotatable bonds is 9. The van der Waals surface area contributed by atoms with Gasteiger partial charge in [-0.05, 0) is 59.2 Å². The number of halogens is 1. The van der Waals surface area contributed by atoms with Gasteiger partial charge < -0.3 is 29.7 Å². The first-order valence-electron chi connectivity index (χ1n) is 13.8. The Kier molecular flexibility index (Phi) is 7.67. The molecule has 6 rings (SSSR count). The van der Waals surface area contributed by atoms with Gasteiger partial charge >= 0.3 is 5.69 Å². The zero-order valence-electron chi connectivity index (χ0n) is 23.6. The van der Waals surface area contributed by atoms with E-state index < -0.39 is 40.8 Å². The molecule has 43 heavy (non-hydrogen) atoms. The summed E-state index contributed by atoms with van der Waals surface area (Å²) in [6.45, 7) is -1.03. The van der Waals surface area contributed by atoms with E-state index in [1.54, 1.807) is 20.3 Å². The minimum atomic E-state index is -2.68. The number of benzene rings is 3. The normalized spacial score (nSPS) is 24.9. The zero-order chi connectivity index (χ0) is 30.2. The lowest BCUT2D eigenvalue weighted by atomic mass is 9.77. The van der Waals surface area contributed by atoms with E-state index >= 15 is 4.39 Å². The summed E-state index contributed by atoms with van der Waals surface area (Å²) in [4.78, 5) is 17.9. The molecule has 3 aromatic carbocycles. The fourth-order valence-electron chi connectivity index (χ4n) is 5.95. The van der Waals surface area contributed by atoms with Gasteiger partial charge in [-0.3, -0.25) is 4.57 Å². The van der Waals surface area contributed by atoms with Gasteiger partial charge in [0.1, 0.15) is 35.6 Å². The molecular formula is C32H32FN3O6S. The molecule has 1 spiro atoms. The molecule has 1 unspecified atom stereocenters. The van der Waals surface area contributed by atoms with E-state index in [1.165, 1.54) is 22.5 Å². The van der Waals surface area contributed by atoms with E-state index in [2.05, 4.69) is 10.3 Å². The van der Waals surface area contributed by atoms with Crippen LogP contribution >= 0.6 is 11.8 Å². The molecule has 0 radical (unpaired) electrons. The van der Waals surface area contributed by atoms with Crippen LogP contribution in [-0.2, 0) is 10.3 Å². The highest BCUT2D eigenvalue weighted by Crippen LogP contribution is 2.59. The lowest BCUT2D eigenvalue weighted by Crippen LogP contribution is -2.53. The highest BCUT2D eigenvalue weighted by Gasteiger charge is 2.68. The van der Waals surface area contributed by atoms with Crippen LogP contribution in [0.2, 0.25) is 0 Å². The summed E-state index contributed by atoms with van der Waals surface area (Å²) in [6, 6.07) is 26.7. The first-order chi connectivity index (χ1) is 20.8. The van der Waals surface area contributed by atoms with Gasteiger partial charge in [-0.1, -0.05) is 54.6 Å². The number of hydrogen-bond acceptors (Lipinski definition) is 9. The van der Waals surface area contributed by atoms with Crippen molar-refractivity contribution >= 4 is 17.6 Å². The van der Waals surface area contributed by atoms with Gasteiger partial charge in [0.15, 0.2) is 6.23 Å². The molecule has 9 nitrogen and oxygen atoms in total. The lowest BCUT2D eigenvalue weighted by Gasteiger charge is -2.43. The third-order valence-corrected chi connectivity index (χ3v) is 9.90. The molecule has 3 N–H and O–H groups in total. The Morgan fingerprint density at radius 3 is 2.02 bits per heavy atom. The Morgan fingerprint density at radius 2 is 1.56 bits per heavy atom. The van der Waals surface area contributed by atoms with Crippen molar-refractivity contribution < 1.29 is 28.8 Å². The number of methoxy groups -OCH3 is 2. The number of alkyl halides is 1. The molecule has 3 heterocycles. The maximum Gasteiger partial charge on any atom is 0.351 e. The summed E-state index contributed by atoms with van der Waals surface area (Å²) in [5.41, 5.74) is 0.888. The SMILES string of the molecule is COc1ccc(C(Nc2ccn([C@@H]3O[C@](F)(CO)C(O)[C@]34CCS4)c(=O)n2)(c2ccccc2)c2ccc(OC)cc2)cc1. The number of nitrogens with one attached hydrogen (secondary N) is 1. The Morgan fingerprint density at radius 1 is 1.00 bits per heavy atom. The predicted octanol–water partition coefficient (Wildman–Crippen LogP) is 4.09. The van der Waals surface area contributed by atoms with E-state index in [0.717, 1.165) is 16.7 Å². The second kappa shape index (κ2) is 11.3. The molecule has 2 aliphatic heterocycles. The third-order valence-electron chi connectivity index (χ3n) is 8.33. The first kappa shape index (κ1) is 29.2. The summed E-state index contributed by atoms with van der Waals surface area (Å²) in [7, 11) is 3.21. The number of anilines is 1. The summed E-state index contributed by atoms with van der Waals surface area (Å²) >= 11 is 1.31. The van der Waals surface area contributed by atoms with Crippen molar-refractivity contribution in [2.45, 2.75) is 34.9 Å². The van der Waals surface area contributed by atoms with Gasteiger partial charge in [-0.25, -0.2) is 9.18 Å². The van der Waals surface area contributed by atoms with E-state index in [4.69, 9.17) is 14.2 Å². The molecule has 2 aliphatic rings. The maximum atomic E-state index is 15.3. The molecule has 0 aliphatic carbocycles. The summed E-state index contributed by atoms with van der Waals surface area (Å²) < 4.78 is 31.7. The topological polar surface area (TPSA) is 115 Å². The standard InChI is InChI=1S/C32H32FN3O6S/c1-40-24-12-8-22(9-13-24)32(21-6-4-3-5-7-21,23-10-14-25(41-2)15-11-23)35-26-16-18-36(29(39)34-26)28-30(17-19-43-30)27(38)31(33,20-37)42-28/h3-16,18,27-28,37-38H,17,19-20H2,1-2H3,(H,34,35,39)/t27?,28-,30-,31-/m1/s1. The molecule has 2 saturated heterocycles. The van der Waals surface area contributed by atoms with Gasteiger partial charge in [-0.2, -0.15) is 4.98 Å². The van der Waals surface area contributed by atoms with Crippen LogP contribution in [0.3, 0.4) is 0 Å². The van der Waals surface area contributed by atoms with Gasteiger partial charge in [0.2, 0.25) is 0 Å². The molecule has 0 bridgehead atoms. The van der Waals surface area contributed by atoms with Crippen LogP contribution in [0, 0.1) is 0 Å². The Balaban J connectivity index is 1.47. The number of aliphatic hydroxyl groups is 2. The number of nitrogens with zero attached hydrogens (tertiary/aromatic N) is 2. The average Bonchev–Trinajstić information content (AvgIpc) is 3.27. The van der Waals surface area contributed by atoms with Crippen LogP contribution in [0.15, 0.2) is 95.9 Å². The number of thioether (sulfide) groups is 1. The zero-order valence-corrected chi connectivity index (χ0v) is 24.5. The van der Waals surface area contributed by atoms with Crippen LogP contribution in [0.1, 0.15) is 29.3 Å². The largest absolute Gasteiger partial charge is 0.497 e. The van der Waals surface area contributed by atoms with Gasteiger partial charge in [0.05, 0.1) is 19.0 Å². The van der Waals surface area contributed by atoms with E-state index in [0.29, 0.717) is 23.7 Å². The van der Waals surface area contributed by atoms with Crippen LogP contribution in [-0.4, -0.2) is 63.0 Å². The second-order valence-electron chi connectivity index (χ2n) is 10.6. The van der Waals surface area contributed by atoms with Gasteiger partial charge in [0.25, 0.3) is 5.85 Å². The van der Waals surface area contributed by atoms with E-state index in [-0.39, 0.29) is 5.82 Å². The molecular weight excluding hydrogens is 573 g/mol. The number of aliphatic hydroxyl groups excluding tert-OH is 2. The molecule has 2 fully saturated rings. The molecule has 0 amide bonds. The predicted molar refractivity (Wildman–Crippen MR) is 161 cm³/mol. The summed E-state index contributed by atoms with van der Waals surface area (Å²) in [5.74, 6) is -0.369. The molecule has 4 atom stereocenters. The van der Waals surface area contributed by atoms with E-state index in [1.807, 2.05) is 78.9 Å². The van der Waals surface area contributed by atoms with Crippen molar-refractivity contribution in [3.8, 4) is 11.5 Å². The molecule has 224 valence electrons. The van der Waals surface area contributed by atoms with Crippen molar-refractivity contribution in [2.24, 2.45) is 0 Å². The Labute approximate surface area is 252 Å². The fourth-order valence-corrected chi connectivity index (χ4v) is 7.27.